The average molecular weight is 306 g/mol. The highest BCUT2D eigenvalue weighted by Gasteiger charge is 2.08. The first-order chi connectivity index (χ1) is 11.1. The fourth-order valence-corrected chi connectivity index (χ4v) is 2.80. The highest BCUT2D eigenvalue weighted by molar-refractivity contribution is 5.94. The smallest absolute Gasteiger partial charge is 0.120 e. The molecule has 0 saturated carbocycles. The van der Waals surface area contributed by atoms with Crippen molar-refractivity contribution < 1.29 is 4.74 Å². The molecule has 0 spiro atoms. The fraction of sp³-hybridized carbons (Fsp3) is 0.250. The zero-order valence-electron chi connectivity index (χ0n) is 14.1. The molecule has 3 aromatic rings. The number of hydrogen-bond acceptors (Lipinski definition) is 3. The number of aryl methyl sites for hydroxylation is 3. The zero-order valence-corrected chi connectivity index (χ0v) is 14.1. The molecule has 3 heteroatoms. The van der Waals surface area contributed by atoms with Crippen LogP contribution in [-0.2, 0) is 0 Å². The Morgan fingerprint density at radius 1 is 0.957 bits per heavy atom. The highest BCUT2D eigenvalue weighted by atomic mass is 16.5. The van der Waals surface area contributed by atoms with E-state index in [1.54, 1.807) is 0 Å². The number of pyridine rings is 1. The second-order valence-corrected chi connectivity index (χ2v) is 5.87. The topological polar surface area (TPSA) is 34.1 Å². The first-order valence-corrected chi connectivity index (χ1v) is 7.95. The van der Waals surface area contributed by atoms with E-state index < -0.39 is 0 Å². The van der Waals surface area contributed by atoms with Crippen molar-refractivity contribution in [2.24, 2.45) is 0 Å². The molecule has 0 aliphatic rings. The molecular formula is C20H22N2O. The number of nitrogens with one attached hydrogen (secondary N) is 1. The van der Waals surface area contributed by atoms with Gasteiger partial charge in [0.1, 0.15) is 5.75 Å². The first kappa shape index (κ1) is 15.3. The lowest BCUT2D eigenvalue weighted by molar-refractivity contribution is 0.340. The molecule has 1 N–H and O–H groups in total. The summed E-state index contributed by atoms with van der Waals surface area (Å²) >= 11 is 0. The number of ether oxygens (including phenoxy) is 1. The lowest BCUT2D eigenvalue weighted by Gasteiger charge is -2.14. The molecule has 0 unspecified atom stereocenters. The third-order valence-corrected chi connectivity index (χ3v) is 3.87. The van der Waals surface area contributed by atoms with Gasteiger partial charge in [-0.3, -0.25) is 4.98 Å². The van der Waals surface area contributed by atoms with E-state index in [9.17, 15) is 0 Å². The van der Waals surface area contributed by atoms with E-state index in [-0.39, 0.29) is 0 Å². The molecule has 1 heterocycles. The van der Waals surface area contributed by atoms with Crippen LogP contribution < -0.4 is 10.1 Å². The number of nitrogens with zero attached hydrogens (tertiary/aromatic N) is 1. The molecule has 0 aliphatic heterocycles. The highest BCUT2D eigenvalue weighted by Crippen LogP contribution is 2.30. The Kier molecular flexibility index (Phi) is 4.20. The van der Waals surface area contributed by atoms with Crippen molar-refractivity contribution in [3.8, 4) is 5.75 Å². The molecule has 0 radical (unpaired) electrons. The maximum Gasteiger partial charge on any atom is 0.120 e. The number of benzene rings is 2. The summed E-state index contributed by atoms with van der Waals surface area (Å²) < 4.78 is 5.63. The molecule has 0 atom stereocenters. The zero-order chi connectivity index (χ0) is 16.4. The van der Waals surface area contributed by atoms with E-state index in [2.05, 4.69) is 54.5 Å². The minimum atomic E-state index is 0.657. The van der Waals surface area contributed by atoms with E-state index >= 15 is 0 Å². The monoisotopic (exact) mass is 306 g/mol. The third-order valence-electron chi connectivity index (χ3n) is 3.87. The van der Waals surface area contributed by atoms with Gasteiger partial charge in [0.25, 0.3) is 0 Å². The summed E-state index contributed by atoms with van der Waals surface area (Å²) in [5.74, 6) is 0.870. The second kappa shape index (κ2) is 6.29. The van der Waals surface area contributed by atoms with Crippen molar-refractivity contribution in [2.75, 3.05) is 11.9 Å². The molecule has 0 fully saturated rings. The van der Waals surface area contributed by atoms with Crippen molar-refractivity contribution in [1.82, 2.24) is 4.98 Å². The van der Waals surface area contributed by atoms with Crippen molar-refractivity contribution >= 4 is 22.3 Å². The Morgan fingerprint density at radius 3 is 2.52 bits per heavy atom. The lowest BCUT2D eigenvalue weighted by atomic mass is 10.1. The maximum atomic E-state index is 5.63. The molecule has 1 aromatic heterocycles. The van der Waals surface area contributed by atoms with E-state index in [0.717, 1.165) is 33.7 Å². The summed E-state index contributed by atoms with van der Waals surface area (Å²) in [4.78, 5) is 4.62. The van der Waals surface area contributed by atoms with Crippen LogP contribution in [0.25, 0.3) is 10.9 Å². The molecule has 23 heavy (non-hydrogen) atoms. The van der Waals surface area contributed by atoms with Gasteiger partial charge in [0.2, 0.25) is 0 Å². The van der Waals surface area contributed by atoms with Crippen LogP contribution in [0.3, 0.4) is 0 Å². The quantitative estimate of drug-likeness (QED) is 0.710. The van der Waals surface area contributed by atoms with Crippen LogP contribution in [0.1, 0.15) is 23.7 Å². The minimum absolute atomic E-state index is 0.657. The maximum absolute atomic E-state index is 5.63. The third kappa shape index (κ3) is 3.29. The lowest BCUT2D eigenvalue weighted by Crippen LogP contribution is -1.98. The molecule has 0 saturated heterocycles. The second-order valence-electron chi connectivity index (χ2n) is 5.87. The van der Waals surface area contributed by atoms with Gasteiger partial charge >= 0.3 is 0 Å². The van der Waals surface area contributed by atoms with Crippen LogP contribution in [0.5, 0.6) is 5.75 Å². The summed E-state index contributed by atoms with van der Waals surface area (Å²) in [7, 11) is 0. The number of hydrogen-bond donors (Lipinski definition) is 1. The Morgan fingerprint density at radius 2 is 1.78 bits per heavy atom. The fourth-order valence-electron chi connectivity index (χ4n) is 2.80. The van der Waals surface area contributed by atoms with Crippen molar-refractivity contribution in [3.05, 3.63) is 59.3 Å². The normalized spacial score (nSPS) is 10.8. The Hall–Kier alpha value is -2.55. The van der Waals surface area contributed by atoms with Crippen LogP contribution in [0.2, 0.25) is 0 Å². The van der Waals surface area contributed by atoms with Crippen molar-refractivity contribution in [3.63, 3.8) is 0 Å². The average Bonchev–Trinajstić information content (AvgIpc) is 2.51. The Labute approximate surface area is 137 Å². The molecule has 0 aliphatic carbocycles. The Bertz CT molecular complexity index is 856. The predicted octanol–water partition coefficient (Wildman–Crippen LogP) is 5.30. The standard InChI is InChI=1S/C20H22N2O/c1-5-23-16-7-9-19-17(12-16)20(11-15(4)21-19)22-18-8-6-13(2)10-14(18)3/h6-12H,5H2,1-4H3,(H,21,22). The molecule has 0 amide bonds. The SMILES string of the molecule is CCOc1ccc2nc(C)cc(Nc3ccc(C)cc3C)c2c1. The molecular weight excluding hydrogens is 284 g/mol. The van der Waals surface area contributed by atoms with Gasteiger partial charge in [-0.05, 0) is 63.6 Å². The van der Waals surface area contributed by atoms with Gasteiger partial charge in [-0.25, -0.2) is 0 Å². The van der Waals surface area contributed by atoms with E-state index in [1.165, 1.54) is 11.1 Å². The van der Waals surface area contributed by atoms with E-state index in [0.29, 0.717) is 6.61 Å². The number of fused-ring (bicyclic) bond motifs is 1. The van der Waals surface area contributed by atoms with Gasteiger partial charge in [-0.15, -0.1) is 0 Å². The van der Waals surface area contributed by atoms with Crippen LogP contribution in [0.4, 0.5) is 11.4 Å². The molecule has 3 nitrogen and oxygen atoms in total. The van der Waals surface area contributed by atoms with Crippen LogP contribution in [0, 0.1) is 20.8 Å². The van der Waals surface area contributed by atoms with Gasteiger partial charge in [-0.1, -0.05) is 17.7 Å². The van der Waals surface area contributed by atoms with Gasteiger partial charge in [0.05, 0.1) is 12.1 Å². The number of rotatable bonds is 4. The Balaban J connectivity index is 2.09. The number of anilines is 2. The largest absolute Gasteiger partial charge is 0.494 e. The van der Waals surface area contributed by atoms with Crippen LogP contribution >= 0.6 is 0 Å². The minimum Gasteiger partial charge on any atom is -0.494 e. The van der Waals surface area contributed by atoms with E-state index in [1.807, 2.05) is 26.0 Å². The molecule has 0 bridgehead atoms. The predicted molar refractivity (Wildman–Crippen MR) is 96.8 cm³/mol. The summed E-state index contributed by atoms with van der Waals surface area (Å²) in [5, 5.41) is 4.63. The van der Waals surface area contributed by atoms with E-state index in [4.69, 9.17) is 4.74 Å². The summed E-state index contributed by atoms with van der Waals surface area (Å²) in [6, 6.07) is 14.5. The molecule has 3 rings (SSSR count). The van der Waals surface area contributed by atoms with Gasteiger partial charge in [0.15, 0.2) is 0 Å². The van der Waals surface area contributed by atoms with Gasteiger partial charge in [-0.2, -0.15) is 0 Å². The van der Waals surface area contributed by atoms with Gasteiger partial charge < -0.3 is 10.1 Å². The van der Waals surface area contributed by atoms with Gasteiger partial charge in [0, 0.05) is 22.5 Å². The first-order valence-electron chi connectivity index (χ1n) is 7.95. The van der Waals surface area contributed by atoms with Crippen LogP contribution in [0.15, 0.2) is 42.5 Å². The molecule has 2 aromatic carbocycles. The van der Waals surface area contributed by atoms with Crippen molar-refractivity contribution in [1.29, 1.82) is 0 Å². The van der Waals surface area contributed by atoms with Crippen LogP contribution in [-0.4, -0.2) is 11.6 Å². The summed E-state index contributed by atoms with van der Waals surface area (Å²) in [5.41, 5.74) is 6.64. The summed E-state index contributed by atoms with van der Waals surface area (Å²) in [6.07, 6.45) is 0. The summed E-state index contributed by atoms with van der Waals surface area (Å²) in [6.45, 7) is 8.90. The molecule has 118 valence electrons. The van der Waals surface area contributed by atoms with Crippen molar-refractivity contribution in [2.45, 2.75) is 27.7 Å². The number of aromatic nitrogens is 1.